The summed E-state index contributed by atoms with van der Waals surface area (Å²) in [6.45, 7) is 4.44. The van der Waals surface area contributed by atoms with E-state index in [9.17, 15) is 14.4 Å². The molecule has 0 saturated carbocycles. The van der Waals surface area contributed by atoms with Gasteiger partial charge in [-0.15, -0.1) is 11.3 Å². The maximum absolute atomic E-state index is 12.9. The fourth-order valence-corrected chi connectivity index (χ4v) is 3.87. The van der Waals surface area contributed by atoms with Gasteiger partial charge in [-0.3, -0.25) is 9.59 Å². The van der Waals surface area contributed by atoms with Gasteiger partial charge in [0.15, 0.2) is 11.8 Å². The number of fused-ring (bicyclic) bond motifs is 1. The summed E-state index contributed by atoms with van der Waals surface area (Å²) in [7, 11) is 0. The summed E-state index contributed by atoms with van der Waals surface area (Å²) in [5, 5.41) is 9.82. The van der Waals surface area contributed by atoms with Crippen molar-refractivity contribution in [3.63, 3.8) is 0 Å². The normalized spacial score (nSPS) is 11.9. The standard InChI is InChI=1S/C23H27N3O4S/c1-3-4-5-8-13-26-22(28)19-12-7-6-11-18(19)20(25-26)23(29)30-16(2)21(27)24-15-17-10-9-14-31-17/h6-7,9-12,14,16H,3-5,8,13,15H2,1-2H3,(H,24,27)/t16-/m0/s1. The number of esters is 1. The molecule has 0 aliphatic heterocycles. The third kappa shape index (κ3) is 5.79. The second-order valence-corrected chi connectivity index (χ2v) is 8.36. The Labute approximate surface area is 185 Å². The zero-order valence-electron chi connectivity index (χ0n) is 17.8. The summed E-state index contributed by atoms with van der Waals surface area (Å²) >= 11 is 1.54. The molecule has 0 bridgehead atoms. The molecule has 0 aliphatic carbocycles. The van der Waals surface area contributed by atoms with E-state index in [1.165, 1.54) is 22.9 Å². The number of rotatable bonds is 10. The molecule has 0 spiro atoms. The summed E-state index contributed by atoms with van der Waals surface area (Å²) in [6, 6.07) is 10.7. The molecule has 3 rings (SSSR count). The van der Waals surface area contributed by atoms with E-state index in [0.717, 1.165) is 30.6 Å². The van der Waals surface area contributed by atoms with Crippen LogP contribution >= 0.6 is 11.3 Å². The van der Waals surface area contributed by atoms with Crippen molar-refractivity contribution >= 4 is 34.0 Å². The predicted octanol–water partition coefficient (Wildman–Crippen LogP) is 3.90. The highest BCUT2D eigenvalue weighted by molar-refractivity contribution is 7.09. The van der Waals surface area contributed by atoms with Gasteiger partial charge in [-0.1, -0.05) is 50.5 Å². The summed E-state index contributed by atoms with van der Waals surface area (Å²) < 4.78 is 6.72. The van der Waals surface area contributed by atoms with Crippen LogP contribution in [-0.2, 0) is 22.6 Å². The number of aryl methyl sites for hydroxylation is 1. The van der Waals surface area contributed by atoms with Gasteiger partial charge in [0.2, 0.25) is 0 Å². The highest BCUT2D eigenvalue weighted by atomic mass is 32.1. The van der Waals surface area contributed by atoms with Crippen LogP contribution in [-0.4, -0.2) is 27.8 Å². The number of carbonyl (C=O) groups excluding carboxylic acids is 2. The molecule has 0 aliphatic rings. The fraction of sp³-hybridized carbons (Fsp3) is 0.391. The van der Waals surface area contributed by atoms with Crippen LogP contribution in [0.2, 0.25) is 0 Å². The van der Waals surface area contributed by atoms with Crippen LogP contribution in [0.25, 0.3) is 10.8 Å². The Morgan fingerprint density at radius 3 is 2.61 bits per heavy atom. The number of ether oxygens (including phenoxy) is 1. The third-order valence-corrected chi connectivity index (χ3v) is 5.83. The van der Waals surface area contributed by atoms with Gasteiger partial charge in [0.05, 0.1) is 11.9 Å². The molecule has 3 aromatic rings. The summed E-state index contributed by atoms with van der Waals surface area (Å²) in [5.74, 6) is -1.11. The van der Waals surface area contributed by atoms with E-state index in [4.69, 9.17) is 4.74 Å². The van der Waals surface area contributed by atoms with Crippen LogP contribution < -0.4 is 10.9 Å². The summed E-state index contributed by atoms with van der Waals surface area (Å²) in [5.41, 5.74) is -0.186. The molecule has 31 heavy (non-hydrogen) atoms. The molecule has 0 unspecified atom stereocenters. The molecule has 164 valence electrons. The van der Waals surface area contributed by atoms with E-state index in [2.05, 4.69) is 17.3 Å². The average Bonchev–Trinajstić information content (AvgIpc) is 3.30. The van der Waals surface area contributed by atoms with Crippen LogP contribution in [0.5, 0.6) is 0 Å². The molecular formula is C23H27N3O4S. The Morgan fingerprint density at radius 2 is 1.90 bits per heavy atom. The number of hydrogen-bond acceptors (Lipinski definition) is 6. The minimum absolute atomic E-state index is 0.0450. The zero-order valence-corrected chi connectivity index (χ0v) is 18.6. The van der Waals surface area contributed by atoms with Crippen molar-refractivity contribution in [3.05, 3.63) is 62.7 Å². The third-order valence-electron chi connectivity index (χ3n) is 4.95. The van der Waals surface area contributed by atoms with Crippen molar-refractivity contribution < 1.29 is 14.3 Å². The molecule has 7 nitrogen and oxygen atoms in total. The Kier molecular flexibility index (Phi) is 7.94. The number of aromatic nitrogens is 2. The van der Waals surface area contributed by atoms with Crippen LogP contribution in [0.4, 0.5) is 0 Å². The molecule has 0 saturated heterocycles. The summed E-state index contributed by atoms with van der Waals surface area (Å²) in [6.07, 6.45) is 2.96. The van der Waals surface area contributed by atoms with E-state index in [1.54, 1.807) is 24.3 Å². The second-order valence-electron chi connectivity index (χ2n) is 7.33. The number of thiophene rings is 1. The molecule has 2 heterocycles. The largest absolute Gasteiger partial charge is 0.448 e. The smallest absolute Gasteiger partial charge is 0.360 e. The number of amides is 1. The minimum atomic E-state index is -0.988. The van der Waals surface area contributed by atoms with Crippen molar-refractivity contribution in [1.82, 2.24) is 15.1 Å². The summed E-state index contributed by atoms with van der Waals surface area (Å²) in [4.78, 5) is 39.0. The number of hydrogen-bond donors (Lipinski definition) is 1. The first kappa shape index (κ1) is 22.7. The van der Waals surface area contributed by atoms with Gasteiger partial charge in [0, 0.05) is 16.8 Å². The Morgan fingerprint density at radius 1 is 1.13 bits per heavy atom. The fourth-order valence-electron chi connectivity index (χ4n) is 3.23. The molecule has 2 aromatic heterocycles. The van der Waals surface area contributed by atoms with Crippen molar-refractivity contribution in [3.8, 4) is 0 Å². The van der Waals surface area contributed by atoms with Gasteiger partial charge in [-0.2, -0.15) is 5.10 Å². The van der Waals surface area contributed by atoms with Gasteiger partial charge in [-0.25, -0.2) is 9.48 Å². The van der Waals surface area contributed by atoms with Gasteiger partial charge in [0.1, 0.15) is 0 Å². The molecule has 0 fully saturated rings. The van der Waals surface area contributed by atoms with E-state index in [-0.39, 0.29) is 17.2 Å². The number of unbranched alkanes of at least 4 members (excludes halogenated alkanes) is 3. The van der Waals surface area contributed by atoms with Gasteiger partial charge >= 0.3 is 5.97 Å². The number of carbonyl (C=O) groups is 2. The maximum Gasteiger partial charge on any atom is 0.360 e. The Hall–Kier alpha value is -3.00. The SMILES string of the molecule is CCCCCCn1nc(C(=O)O[C@@H](C)C(=O)NCc2cccs2)c2ccccc2c1=O. The number of nitrogens with zero attached hydrogens (tertiary/aromatic N) is 2. The zero-order chi connectivity index (χ0) is 22.2. The lowest BCUT2D eigenvalue weighted by Crippen LogP contribution is -2.36. The van der Waals surface area contributed by atoms with Crippen molar-refractivity contribution in [1.29, 1.82) is 0 Å². The first-order valence-corrected chi connectivity index (χ1v) is 11.4. The quantitative estimate of drug-likeness (QED) is 0.381. The van der Waals surface area contributed by atoms with Crippen LogP contribution in [0.15, 0.2) is 46.6 Å². The van der Waals surface area contributed by atoms with Crippen LogP contribution in [0.3, 0.4) is 0 Å². The van der Waals surface area contributed by atoms with E-state index in [0.29, 0.717) is 23.9 Å². The molecular weight excluding hydrogens is 414 g/mol. The minimum Gasteiger partial charge on any atom is -0.448 e. The molecule has 0 radical (unpaired) electrons. The molecule has 1 N–H and O–H groups in total. The predicted molar refractivity (Wildman–Crippen MR) is 121 cm³/mol. The highest BCUT2D eigenvalue weighted by Gasteiger charge is 2.23. The van der Waals surface area contributed by atoms with E-state index in [1.807, 2.05) is 17.5 Å². The number of benzene rings is 1. The Balaban J connectivity index is 1.76. The van der Waals surface area contributed by atoms with Crippen LogP contribution in [0.1, 0.15) is 54.9 Å². The molecule has 1 amide bonds. The van der Waals surface area contributed by atoms with Gasteiger partial charge in [-0.05, 0) is 30.9 Å². The molecule has 8 heteroatoms. The van der Waals surface area contributed by atoms with Gasteiger partial charge < -0.3 is 10.1 Å². The van der Waals surface area contributed by atoms with E-state index < -0.39 is 12.1 Å². The first-order valence-electron chi connectivity index (χ1n) is 10.5. The average molecular weight is 442 g/mol. The lowest BCUT2D eigenvalue weighted by atomic mass is 10.1. The van der Waals surface area contributed by atoms with Gasteiger partial charge in [0.25, 0.3) is 11.5 Å². The van der Waals surface area contributed by atoms with Crippen molar-refractivity contribution in [2.45, 2.75) is 58.7 Å². The lowest BCUT2D eigenvalue weighted by molar-refractivity contribution is -0.129. The molecule has 1 aromatic carbocycles. The lowest BCUT2D eigenvalue weighted by Gasteiger charge is -2.15. The van der Waals surface area contributed by atoms with Crippen molar-refractivity contribution in [2.24, 2.45) is 0 Å². The molecule has 1 atom stereocenters. The number of nitrogens with one attached hydrogen (secondary N) is 1. The van der Waals surface area contributed by atoms with Crippen molar-refractivity contribution in [2.75, 3.05) is 0 Å². The van der Waals surface area contributed by atoms with Crippen LogP contribution in [0, 0.1) is 0 Å². The first-order chi connectivity index (χ1) is 15.0. The van der Waals surface area contributed by atoms with E-state index >= 15 is 0 Å². The Bertz CT molecular complexity index is 1090. The maximum atomic E-state index is 12.9. The second kappa shape index (κ2) is 10.9. The highest BCUT2D eigenvalue weighted by Crippen LogP contribution is 2.16. The monoisotopic (exact) mass is 441 g/mol. The topological polar surface area (TPSA) is 90.3 Å².